The molecule has 0 saturated carbocycles. The van der Waals surface area contributed by atoms with E-state index in [0.29, 0.717) is 18.0 Å². The Bertz CT molecular complexity index is 919. The Kier molecular flexibility index (Phi) is 4.19. The molecule has 3 aromatic rings. The second-order valence-electron chi connectivity index (χ2n) is 4.79. The maximum absolute atomic E-state index is 13.4. The van der Waals surface area contributed by atoms with Crippen LogP contribution in [0.4, 0.5) is 15.9 Å². The lowest BCUT2D eigenvalue weighted by atomic mass is 10.3. The van der Waals surface area contributed by atoms with E-state index in [-0.39, 0.29) is 17.2 Å². The number of hydrogen-bond donors (Lipinski definition) is 1. The van der Waals surface area contributed by atoms with Crippen molar-refractivity contribution in [3.05, 3.63) is 54.1 Å². The average Bonchev–Trinajstić information content (AvgIpc) is 2.92. The smallest absolute Gasteiger partial charge is 0.358 e. The van der Waals surface area contributed by atoms with Crippen LogP contribution in [0.25, 0.3) is 5.65 Å². The van der Waals surface area contributed by atoms with Crippen molar-refractivity contribution in [2.75, 3.05) is 6.61 Å². The van der Waals surface area contributed by atoms with Crippen LogP contribution in [0.2, 0.25) is 0 Å². The number of halogens is 1. The van der Waals surface area contributed by atoms with Crippen molar-refractivity contribution < 1.29 is 19.0 Å². The second-order valence-corrected chi connectivity index (χ2v) is 4.79. The normalized spacial score (nSPS) is 11.2. The maximum Gasteiger partial charge on any atom is 0.358 e. The number of pyridine rings is 1. The highest BCUT2D eigenvalue weighted by molar-refractivity contribution is 5.91. The standard InChI is InChI=1S/C16H13FN4O3/c1-2-24-12-6-4-11(5-7-12)19-20-15-14(16(22)23)18-13-8-3-10(17)9-21(13)15/h3-9H,2H2,1H3,(H,22,23). The Balaban J connectivity index is 2.00. The molecule has 0 spiro atoms. The maximum atomic E-state index is 13.4. The molecule has 2 aromatic heterocycles. The highest BCUT2D eigenvalue weighted by Crippen LogP contribution is 2.25. The van der Waals surface area contributed by atoms with E-state index in [9.17, 15) is 14.3 Å². The molecular formula is C16H13FN4O3. The monoisotopic (exact) mass is 328 g/mol. The number of fused-ring (bicyclic) bond motifs is 1. The van der Waals surface area contributed by atoms with Crippen LogP contribution in [0, 0.1) is 5.82 Å². The van der Waals surface area contributed by atoms with E-state index < -0.39 is 11.8 Å². The first-order chi connectivity index (χ1) is 11.6. The van der Waals surface area contributed by atoms with Gasteiger partial charge in [-0.25, -0.2) is 14.2 Å². The third-order valence-corrected chi connectivity index (χ3v) is 3.17. The van der Waals surface area contributed by atoms with Crippen LogP contribution < -0.4 is 4.74 Å². The molecule has 0 radical (unpaired) electrons. The van der Waals surface area contributed by atoms with Gasteiger partial charge in [-0.1, -0.05) is 0 Å². The number of hydrogen-bond acceptors (Lipinski definition) is 5. The Morgan fingerprint density at radius 1 is 1.25 bits per heavy atom. The lowest BCUT2D eigenvalue weighted by Crippen LogP contribution is -1.96. The number of carbonyl (C=O) groups is 1. The van der Waals surface area contributed by atoms with Gasteiger partial charge in [-0.05, 0) is 43.3 Å². The number of carboxylic acid groups (broad SMARTS) is 1. The molecule has 24 heavy (non-hydrogen) atoms. The molecule has 8 heteroatoms. The summed E-state index contributed by atoms with van der Waals surface area (Å²) in [5.74, 6) is -1.15. The summed E-state index contributed by atoms with van der Waals surface area (Å²) in [6, 6.07) is 9.38. The number of nitrogens with zero attached hydrogens (tertiary/aromatic N) is 4. The van der Waals surface area contributed by atoms with E-state index in [1.807, 2.05) is 6.92 Å². The van der Waals surface area contributed by atoms with Crippen LogP contribution in [-0.4, -0.2) is 27.1 Å². The molecule has 0 atom stereocenters. The second kappa shape index (κ2) is 6.45. The summed E-state index contributed by atoms with van der Waals surface area (Å²) in [7, 11) is 0. The molecule has 7 nitrogen and oxygen atoms in total. The molecule has 0 unspecified atom stereocenters. The van der Waals surface area contributed by atoms with Crippen molar-refractivity contribution >= 4 is 23.1 Å². The van der Waals surface area contributed by atoms with Crippen LogP contribution in [0.3, 0.4) is 0 Å². The van der Waals surface area contributed by atoms with Crippen molar-refractivity contribution in [3.63, 3.8) is 0 Å². The Labute approximate surface area is 136 Å². The molecule has 0 fully saturated rings. The van der Waals surface area contributed by atoms with Gasteiger partial charge in [0.2, 0.25) is 0 Å². The van der Waals surface area contributed by atoms with E-state index in [2.05, 4.69) is 15.2 Å². The first-order valence-electron chi connectivity index (χ1n) is 7.14. The minimum absolute atomic E-state index is 0.0501. The van der Waals surface area contributed by atoms with Gasteiger partial charge in [-0.3, -0.25) is 4.40 Å². The van der Waals surface area contributed by atoms with Crippen LogP contribution >= 0.6 is 0 Å². The Hall–Kier alpha value is -3.29. The molecule has 0 aliphatic rings. The number of carboxylic acids is 1. The summed E-state index contributed by atoms with van der Waals surface area (Å²) in [5, 5.41) is 17.2. The first-order valence-corrected chi connectivity index (χ1v) is 7.14. The van der Waals surface area contributed by atoms with Gasteiger partial charge in [0, 0.05) is 6.20 Å². The molecule has 0 amide bonds. The fraction of sp³-hybridized carbons (Fsp3) is 0.125. The molecule has 0 saturated heterocycles. The molecule has 122 valence electrons. The molecule has 0 aliphatic carbocycles. The van der Waals surface area contributed by atoms with Gasteiger partial charge in [0.05, 0.1) is 12.3 Å². The Morgan fingerprint density at radius 2 is 2.00 bits per heavy atom. The van der Waals surface area contributed by atoms with E-state index in [1.54, 1.807) is 24.3 Å². The van der Waals surface area contributed by atoms with Gasteiger partial charge >= 0.3 is 5.97 Å². The number of imidazole rings is 1. The average molecular weight is 328 g/mol. The van der Waals surface area contributed by atoms with Gasteiger partial charge in [0.25, 0.3) is 0 Å². The first kappa shape index (κ1) is 15.6. The van der Waals surface area contributed by atoms with Gasteiger partial charge in [0.1, 0.15) is 17.2 Å². The fourth-order valence-electron chi connectivity index (χ4n) is 2.13. The molecule has 1 N–H and O–H groups in total. The summed E-state index contributed by atoms with van der Waals surface area (Å²) < 4.78 is 20.0. The molecule has 0 aliphatic heterocycles. The number of ether oxygens (including phenoxy) is 1. The molecule has 2 heterocycles. The highest BCUT2D eigenvalue weighted by Gasteiger charge is 2.18. The predicted octanol–water partition coefficient (Wildman–Crippen LogP) is 3.99. The number of azo groups is 1. The molecule has 1 aromatic carbocycles. The largest absolute Gasteiger partial charge is 0.494 e. The fourth-order valence-corrected chi connectivity index (χ4v) is 2.13. The third-order valence-electron chi connectivity index (χ3n) is 3.17. The van der Waals surface area contributed by atoms with Crippen molar-refractivity contribution in [2.24, 2.45) is 10.2 Å². The topological polar surface area (TPSA) is 88.5 Å². The van der Waals surface area contributed by atoms with E-state index >= 15 is 0 Å². The molecule has 3 rings (SSSR count). The lowest BCUT2D eigenvalue weighted by molar-refractivity contribution is 0.0692. The highest BCUT2D eigenvalue weighted by atomic mass is 19.1. The number of aromatic nitrogens is 2. The molecular weight excluding hydrogens is 315 g/mol. The van der Waals surface area contributed by atoms with Gasteiger partial charge < -0.3 is 9.84 Å². The number of rotatable bonds is 5. The van der Waals surface area contributed by atoms with E-state index in [4.69, 9.17) is 4.74 Å². The Morgan fingerprint density at radius 3 is 2.67 bits per heavy atom. The van der Waals surface area contributed by atoms with Crippen LogP contribution in [0.1, 0.15) is 17.4 Å². The summed E-state index contributed by atoms with van der Waals surface area (Å²) in [6.45, 7) is 2.43. The van der Waals surface area contributed by atoms with Crippen LogP contribution in [0.5, 0.6) is 5.75 Å². The van der Waals surface area contributed by atoms with Crippen LogP contribution in [-0.2, 0) is 0 Å². The van der Waals surface area contributed by atoms with Crippen LogP contribution in [0.15, 0.2) is 52.8 Å². The van der Waals surface area contributed by atoms with Gasteiger partial charge in [-0.15, -0.1) is 10.2 Å². The van der Waals surface area contributed by atoms with E-state index in [1.165, 1.54) is 16.5 Å². The van der Waals surface area contributed by atoms with Crippen molar-refractivity contribution in [1.29, 1.82) is 0 Å². The number of benzene rings is 1. The lowest BCUT2D eigenvalue weighted by Gasteiger charge is -2.01. The molecule has 0 bridgehead atoms. The SMILES string of the molecule is CCOc1ccc(N=Nc2c(C(=O)O)nc3ccc(F)cn23)cc1. The zero-order valence-corrected chi connectivity index (χ0v) is 12.7. The minimum atomic E-state index is -1.26. The summed E-state index contributed by atoms with van der Waals surface area (Å²) >= 11 is 0. The summed E-state index contributed by atoms with van der Waals surface area (Å²) in [6.07, 6.45) is 1.11. The van der Waals surface area contributed by atoms with Crippen molar-refractivity contribution in [2.45, 2.75) is 6.92 Å². The van der Waals surface area contributed by atoms with Gasteiger partial charge in [0.15, 0.2) is 11.5 Å². The van der Waals surface area contributed by atoms with E-state index in [0.717, 1.165) is 6.20 Å². The van der Waals surface area contributed by atoms with Gasteiger partial charge in [-0.2, -0.15) is 0 Å². The third kappa shape index (κ3) is 3.07. The zero-order valence-electron chi connectivity index (χ0n) is 12.7. The zero-order chi connectivity index (χ0) is 17.1. The van der Waals surface area contributed by atoms with Crippen molar-refractivity contribution in [1.82, 2.24) is 9.38 Å². The predicted molar refractivity (Wildman–Crippen MR) is 83.9 cm³/mol. The van der Waals surface area contributed by atoms with Crippen molar-refractivity contribution in [3.8, 4) is 5.75 Å². The summed E-state index contributed by atoms with van der Waals surface area (Å²) in [4.78, 5) is 15.2. The summed E-state index contributed by atoms with van der Waals surface area (Å²) in [5.41, 5.74) is 0.478. The minimum Gasteiger partial charge on any atom is -0.494 e. The number of aromatic carboxylic acids is 1. The quantitative estimate of drug-likeness (QED) is 0.717.